The van der Waals surface area contributed by atoms with Crippen LogP contribution in [0, 0.1) is 6.92 Å². The number of anilines is 2. The van der Waals surface area contributed by atoms with Crippen LogP contribution in [-0.4, -0.2) is 20.4 Å². The first-order valence-electron chi connectivity index (χ1n) is 9.51. The largest absolute Gasteiger partial charge is 0.491 e. The highest BCUT2D eigenvalue weighted by molar-refractivity contribution is 7.92. The van der Waals surface area contributed by atoms with Crippen LogP contribution in [0.25, 0.3) is 0 Å². The molecule has 2 N–H and O–H groups in total. The van der Waals surface area contributed by atoms with Crippen LogP contribution in [-0.2, 0) is 10.0 Å². The molecular weight excluding hydrogens is 400 g/mol. The first kappa shape index (κ1) is 21.4. The summed E-state index contributed by atoms with van der Waals surface area (Å²) in [5.74, 6) is 0.446. The van der Waals surface area contributed by atoms with Crippen molar-refractivity contribution >= 4 is 27.3 Å². The molecule has 0 atom stereocenters. The van der Waals surface area contributed by atoms with Gasteiger partial charge >= 0.3 is 0 Å². The van der Waals surface area contributed by atoms with Gasteiger partial charge in [-0.25, -0.2) is 8.42 Å². The van der Waals surface area contributed by atoms with Crippen LogP contribution in [0.15, 0.2) is 77.7 Å². The number of hydrogen-bond acceptors (Lipinski definition) is 4. The Morgan fingerprint density at radius 3 is 2.20 bits per heavy atom. The Morgan fingerprint density at radius 1 is 0.933 bits per heavy atom. The molecule has 0 radical (unpaired) electrons. The Morgan fingerprint density at radius 2 is 1.60 bits per heavy atom. The number of carbonyl (C=O) groups excluding carboxylic acids is 1. The zero-order chi connectivity index (χ0) is 21.7. The number of rotatable bonds is 7. The summed E-state index contributed by atoms with van der Waals surface area (Å²) in [6, 6.07) is 20.1. The van der Waals surface area contributed by atoms with Gasteiger partial charge in [0.25, 0.3) is 15.9 Å². The van der Waals surface area contributed by atoms with Crippen molar-refractivity contribution in [3.05, 3.63) is 83.9 Å². The van der Waals surface area contributed by atoms with Crippen LogP contribution in [0.1, 0.15) is 29.8 Å². The summed E-state index contributed by atoms with van der Waals surface area (Å²) >= 11 is 0. The van der Waals surface area contributed by atoms with Crippen molar-refractivity contribution < 1.29 is 17.9 Å². The van der Waals surface area contributed by atoms with Crippen molar-refractivity contribution in [1.82, 2.24) is 0 Å². The summed E-state index contributed by atoms with van der Waals surface area (Å²) in [6.45, 7) is 5.64. The maximum absolute atomic E-state index is 12.6. The Hall–Kier alpha value is -3.32. The molecular formula is C23H24N2O4S. The van der Waals surface area contributed by atoms with Crippen LogP contribution < -0.4 is 14.8 Å². The average molecular weight is 425 g/mol. The summed E-state index contributed by atoms with van der Waals surface area (Å²) in [5.41, 5.74) is 2.13. The van der Waals surface area contributed by atoms with E-state index in [0.29, 0.717) is 22.5 Å². The molecule has 0 aliphatic carbocycles. The van der Waals surface area contributed by atoms with Gasteiger partial charge in [0.1, 0.15) is 5.75 Å². The lowest BCUT2D eigenvalue weighted by Crippen LogP contribution is -2.15. The predicted octanol–water partition coefficient (Wildman–Crippen LogP) is 4.84. The lowest BCUT2D eigenvalue weighted by atomic mass is 10.1. The molecule has 0 aliphatic rings. The second-order valence-corrected chi connectivity index (χ2v) is 8.78. The Labute approximate surface area is 177 Å². The first-order chi connectivity index (χ1) is 14.2. The second-order valence-electron chi connectivity index (χ2n) is 7.09. The summed E-state index contributed by atoms with van der Waals surface area (Å²) in [5, 5.41) is 2.83. The van der Waals surface area contributed by atoms with E-state index >= 15 is 0 Å². The van der Waals surface area contributed by atoms with E-state index in [9.17, 15) is 13.2 Å². The normalized spacial score (nSPS) is 11.2. The number of sulfonamides is 1. The molecule has 0 saturated heterocycles. The molecule has 156 valence electrons. The molecule has 0 bridgehead atoms. The number of carbonyl (C=O) groups is 1. The molecule has 0 unspecified atom stereocenters. The van der Waals surface area contributed by atoms with Crippen LogP contribution in [0.4, 0.5) is 11.4 Å². The number of ether oxygens (including phenoxy) is 1. The smallest absolute Gasteiger partial charge is 0.261 e. The van der Waals surface area contributed by atoms with E-state index in [1.165, 1.54) is 12.1 Å². The van der Waals surface area contributed by atoms with Gasteiger partial charge in [0.05, 0.1) is 16.7 Å². The Bertz CT molecular complexity index is 1130. The molecule has 0 saturated carbocycles. The fourth-order valence-electron chi connectivity index (χ4n) is 2.82. The quantitative estimate of drug-likeness (QED) is 0.569. The van der Waals surface area contributed by atoms with Gasteiger partial charge in [0, 0.05) is 11.3 Å². The third-order valence-corrected chi connectivity index (χ3v) is 5.65. The minimum Gasteiger partial charge on any atom is -0.491 e. The van der Waals surface area contributed by atoms with E-state index in [-0.39, 0.29) is 16.9 Å². The molecule has 0 aliphatic heterocycles. The highest BCUT2D eigenvalue weighted by Gasteiger charge is 2.16. The fraction of sp³-hybridized carbons (Fsp3) is 0.174. The molecule has 0 fully saturated rings. The molecule has 0 aromatic heterocycles. The van der Waals surface area contributed by atoms with Gasteiger partial charge in [-0.1, -0.05) is 18.2 Å². The van der Waals surface area contributed by atoms with Gasteiger partial charge in [-0.05, 0) is 80.9 Å². The SMILES string of the molecule is Cc1cc(C(=O)Nc2ccc(OC(C)C)cc2)ccc1NS(=O)(=O)c1ccccc1. The van der Waals surface area contributed by atoms with Crippen molar-refractivity contribution in [3.63, 3.8) is 0 Å². The summed E-state index contributed by atoms with van der Waals surface area (Å²) in [4.78, 5) is 12.7. The van der Waals surface area contributed by atoms with E-state index in [0.717, 1.165) is 5.75 Å². The van der Waals surface area contributed by atoms with Crippen LogP contribution in [0.3, 0.4) is 0 Å². The molecule has 3 aromatic rings. The summed E-state index contributed by atoms with van der Waals surface area (Å²) < 4.78 is 33.2. The van der Waals surface area contributed by atoms with Gasteiger partial charge in [0.15, 0.2) is 0 Å². The van der Waals surface area contributed by atoms with E-state index in [1.807, 2.05) is 13.8 Å². The van der Waals surface area contributed by atoms with Gasteiger partial charge in [-0.3, -0.25) is 9.52 Å². The minimum atomic E-state index is -3.69. The number of aryl methyl sites for hydroxylation is 1. The molecule has 30 heavy (non-hydrogen) atoms. The third kappa shape index (κ3) is 5.39. The Kier molecular flexibility index (Phi) is 6.42. The topological polar surface area (TPSA) is 84.5 Å². The first-order valence-corrected chi connectivity index (χ1v) is 11.0. The van der Waals surface area contributed by atoms with Crippen molar-refractivity contribution in [3.8, 4) is 5.75 Å². The molecule has 0 spiro atoms. The molecule has 0 heterocycles. The molecule has 7 heteroatoms. The zero-order valence-electron chi connectivity index (χ0n) is 17.0. The van der Waals surface area contributed by atoms with Gasteiger partial charge < -0.3 is 10.1 Å². The Balaban J connectivity index is 1.71. The monoisotopic (exact) mass is 424 g/mol. The molecule has 1 amide bonds. The lowest BCUT2D eigenvalue weighted by molar-refractivity contribution is 0.102. The standard InChI is InChI=1S/C23H24N2O4S/c1-16(2)29-20-12-10-19(11-13-20)24-23(26)18-9-14-22(17(3)15-18)25-30(27,28)21-7-5-4-6-8-21/h4-16,25H,1-3H3,(H,24,26). The van der Waals surface area contributed by atoms with E-state index in [2.05, 4.69) is 10.0 Å². The van der Waals surface area contributed by atoms with Gasteiger partial charge in [0.2, 0.25) is 0 Å². The second kappa shape index (κ2) is 9.00. The van der Waals surface area contributed by atoms with Crippen LogP contribution in [0.2, 0.25) is 0 Å². The third-order valence-electron chi connectivity index (χ3n) is 4.27. The maximum Gasteiger partial charge on any atom is 0.261 e. The highest BCUT2D eigenvalue weighted by Crippen LogP contribution is 2.22. The van der Waals surface area contributed by atoms with E-state index in [4.69, 9.17) is 4.74 Å². The van der Waals surface area contributed by atoms with Gasteiger partial charge in [-0.2, -0.15) is 0 Å². The molecule has 6 nitrogen and oxygen atoms in total. The predicted molar refractivity (Wildman–Crippen MR) is 119 cm³/mol. The highest BCUT2D eigenvalue weighted by atomic mass is 32.2. The number of nitrogens with one attached hydrogen (secondary N) is 2. The molecule has 3 rings (SSSR count). The summed E-state index contributed by atoms with van der Waals surface area (Å²) in [6.07, 6.45) is 0.0752. The minimum absolute atomic E-state index is 0.0752. The lowest BCUT2D eigenvalue weighted by Gasteiger charge is -2.13. The maximum atomic E-state index is 12.6. The van der Waals surface area contributed by atoms with E-state index in [1.54, 1.807) is 67.6 Å². The van der Waals surface area contributed by atoms with Crippen molar-refractivity contribution in [1.29, 1.82) is 0 Å². The zero-order valence-corrected chi connectivity index (χ0v) is 17.9. The van der Waals surface area contributed by atoms with Gasteiger partial charge in [-0.15, -0.1) is 0 Å². The average Bonchev–Trinajstić information content (AvgIpc) is 2.71. The van der Waals surface area contributed by atoms with Crippen molar-refractivity contribution in [2.45, 2.75) is 31.8 Å². The van der Waals surface area contributed by atoms with Crippen molar-refractivity contribution in [2.24, 2.45) is 0 Å². The number of amides is 1. The van der Waals surface area contributed by atoms with Crippen LogP contribution >= 0.6 is 0 Å². The van der Waals surface area contributed by atoms with E-state index < -0.39 is 10.0 Å². The number of hydrogen-bond donors (Lipinski definition) is 2. The molecule has 3 aromatic carbocycles. The van der Waals surface area contributed by atoms with Crippen molar-refractivity contribution in [2.75, 3.05) is 10.0 Å². The summed E-state index contributed by atoms with van der Waals surface area (Å²) in [7, 11) is -3.69. The van der Waals surface area contributed by atoms with Crippen LogP contribution in [0.5, 0.6) is 5.75 Å². The number of benzene rings is 3. The fourth-order valence-corrected chi connectivity index (χ4v) is 3.97.